The lowest BCUT2D eigenvalue weighted by atomic mass is 10.1. The van der Waals surface area contributed by atoms with E-state index in [-0.39, 0.29) is 11.6 Å². The number of hydrogen-bond donors (Lipinski definition) is 1. The first kappa shape index (κ1) is 12.3. The molecule has 0 amide bonds. The van der Waals surface area contributed by atoms with Crippen LogP contribution in [0.5, 0.6) is 0 Å². The molecule has 0 aliphatic rings. The third-order valence-electron chi connectivity index (χ3n) is 3.01. The molecule has 98 valence electrons. The maximum absolute atomic E-state index is 13.8. The number of anilines is 1. The van der Waals surface area contributed by atoms with E-state index in [9.17, 15) is 4.39 Å². The highest BCUT2D eigenvalue weighted by atomic mass is 19.1. The highest BCUT2D eigenvalue weighted by Crippen LogP contribution is 2.27. The van der Waals surface area contributed by atoms with Crippen molar-refractivity contribution in [1.29, 1.82) is 0 Å². The summed E-state index contributed by atoms with van der Waals surface area (Å²) in [4.78, 5) is 8.53. The molecule has 0 fully saturated rings. The molecule has 2 N–H and O–H groups in total. The van der Waals surface area contributed by atoms with E-state index < -0.39 is 0 Å². The Bertz CT molecular complexity index is 742. The van der Waals surface area contributed by atoms with Crippen LogP contribution in [0, 0.1) is 5.82 Å². The van der Waals surface area contributed by atoms with Crippen molar-refractivity contribution in [2.24, 2.45) is 0 Å². The summed E-state index contributed by atoms with van der Waals surface area (Å²) < 4.78 is 13.8. The van der Waals surface area contributed by atoms with Gasteiger partial charge in [-0.1, -0.05) is 48.5 Å². The summed E-state index contributed by atoms with van der Waals surface area (Å²) in [6.07, 6.45) is 1.56. The lowest BCUT2D eigenvalue weighted by molar-refractivity contribution is 0.631. The molecule has 0 radical (unpaired) electrons. The smallest absolute Gasteiger partial charge is 0.161 e. The van der Waals surface area contributed by atoms with Gasteiger partial charge < -0.3 is 5.73 Å². The van der Waals surface area contributed by atoms with Gasteiger partial charge in [-0.15, -0.1) is 0 Å². The van der Waals surface area contributed by atoms with Crippen LogP contribution in [0.2, 0.25) is 0 Å². The monoisotopic (exact) mass is 265 g/mol. The average Bonchev–Trinajstić information content (AvgIpc) is 2.49. The van der Waals surface area contributed by atoms with Crippen molar-refractivity contribution in [3.8, 4) is 22.5 Å². The molecule has 1 heterocycles. The zero-order valence-corrected chi connectivity index (χ0v) is 10.6. The fraction of sp³-hybridized carbons (Fsp3) is 0. The molecule has 2 aromatic carbocycles. The van der Waals surface area contributed by atoms with Crippen molar-refractivity contribution < 1.29 is 4.39 Å². The molecule has 3 rings (SSSR count). The number of benzene rings is 2. The first-order chi connectivity index (χ1) is 9.75. The molecule has 0 saturated heterocycles. The normalized spacial score (nSPS) is 10.4. The predicted molar refractivity (Wildman–Crippen MR) is 77.3 cm³/mol. The number of nitrogens with zero attached hydrogens (tertiary/aromatic N) is 2. The lowest BCUT2D eigenvalue weighted by Gasteiger charge is -2.07. The van der Waals surface area contributed by atoms with Crippen LogP contribution in [0.1, 0.15) is 0 Å². The number of nitrogens with two attached hydrogens (primary N) is 1. The Morgan fingerprint density at radius 3 is 2.25 bits per heavy atom. The van der Waals surface area contributed by atoms with Crippen molar-refractivity contribution in [3.63, 3.8) is 0 Å². The van der Waals surface area contributed by atoms with Gasteiger partial charge in [-0.2, -0.15) is 0 Å². The van der Waals surface area contributed by atoms with Gasteiger partial charge in [0.2, 0.25) is 0 Å². The van der Waals surface area contributed by atoms with E-state index in [1.165, 1.54) is 6.07 Å². The number of aromatic nitrogens is 2. The maximum Gasteiger partial charge on any atom is 0.161 e. The minimum atomic E-state index is -0.338. The van der Waals surface area contributed by atoms with Crippen LogP contribution in [-0.4, -0.2) is 9.97 Å². The van der Waals surface area contributed by atoms with Crippen molar-refractivity contribution >= 4 is 5.82 Å². The number of halogens is 1. The van der Waals surface area contributed by atoms with Gasteiger partial charge in [0.25, 0.3) is 0 Å². The van der Waals surface area contributed by atoms with Crippen LogP contribution in [0.25, 0.3) is 22.5 Å². The van der Waals surface area contributed by atoms with E-state index in [0.29, 0.717) is 17.0 Å². The lowest BCUT2D eigenvalue weighted by Crippen LogP contribution is -1.99. The summed E-state index contributed by atoms with van der Waals surface area (Å²) in [6.45, 7) is 0. The molecule has 0 aliphatic carbocycles. The maximum atomic E-state index is 13.8. The fourth-order valence-corrected chi connectivity index (χ4v) is 2.01. The van der Waals surface area contributed by atoms with Gasteiger partial charge >= 0.3 is 0 Å². The van der Waals surface area contributed by atoms with Crippen LogP contribution < -0.4 is 5.73 Å². The van der Waals surface area contributed by atoms with E-state index >= 15 is 0 Å². The van der Waals surface area contributed by atoms with E-state index in [0.717, 1.165) is 5.56 Å². The van der Waals surface area contributed by atoms with Crippen molar-refractivity contribution in [2.75, 3.05) is 5.73 Å². The summed E-state index contributed by atoms with van der Waals surface area (Å²) in [5, 5.41) is 0. The van der Waals surface area contributed by atoms with E-state index in [1.807, 2.05) is 30.3 Å². The average molecular weight is 265 g/mol. The molecular weight excluding hydrogens is 253 g/mol. The second-order valence-corrected chi connectivity index (χ2v) is 4.34. The highest BCUT2D eigenvalue weighted by molar-refractivity contribution is 5.75. The fourth-order valence-electron chi connectivity index (χ4n) is 2.01. The first-order valence-electron chi connectivity index (χ1n) is 6.18. The third kappa shape index (κ3) is 2.23. The molecular formula is C16H12FN3. The molecule has 0 aliphatic heterocycles. The summed E-state index contributed by atoms with van der Waals surface area (Å²) in [6, 6.07) is 16.0. The number of hydrogen-bond acceptors (Lipinski definition) is 3. The number of nitrogen functional groups attached to an aromatic ring is 1. The molecule has 0 unspecified atom stereocenters. The van der Waals surface area contributed by atoms with Crippen LogP contribution in [0.15, 0.2) is 60.8 Å². The molecule has 0 saturated carbocycles. The molecule has 20 heavy (non-hydrogen) atoms. The third-order valence-corrected chi connectivity index (χ3v) is 3.01. The molecule has 3 nitrogen and oxygen atoms in total. The van der Waals surface area contributed by atoms with Gasteiger partial charge in [-0.05, 0) is 6.07 Å². The Balaban J connectivity index is 2.07. The Morgan fingerprint density at radius 2 is 1.55 bits per heavy atom. The zero-order valence-electron chi connectivity index (χ0n) is 10.6. The first-order valence-corrected chi connectivity index (χ1v) is 6.18. The van der Waals surface area contributed by atoms with Gasteiger partial charge in [0.05, 0.1) is 0 Å². The molecule has 0 atom stereocenters. The van der Waals surface area contributed by atoms with Gasteiger partial charge in [-0.25, -0.2) is 14.4 Å². The highest BCUT2D eigenvalue weighted by Gasteiger charge is 2.11. The predicted octanol–water partition coefficient (Wildman–Crippen LogP) is 3.53. The Hall–Kier alpha value is -2.75. The molecule has 0 spiro atoms. The topological polar surface area (TPSA) is 51.8 Å². The Labute approximate surface area is 115 Å². The zero-order chi connectivity index (χ0) is 13.9. The molecule has 1 aromatic heterocycles. The van der Waals surface area contributed by atoms with Crippen LogP contribution in [-0.2, 0) is 0 Å². The van der Waals surface area contributed by atoms with Crippen LogP contribution in [0.3, 0.4) is 0 Å². The summed E-state index contributed by atoms with van der Waals surface area (Å²) >= 11 is 0. The Kier molecular flexibility index (Phi) is 3.13. The van der Waals surface area contributed by atoms with Gasteiger partial charge in [-0.3, -0.25) is 0 Å². The molecule has 0 bridgehead atoms. The minimum Gasteiger partial charge on any atom is -0.383 e. The molecule has 3 aromatic rings. The second kappa shape index (κ2) is 5.09. The largest absolute Gasteiger partial charge is 0.383 e. The van der Waals surface area contributed by atoms with Crippen LogP contribution >= 0.6 is 0 Å². The van der Waals surface area contributed by atoms with Crippen LogP contribution in [0.4, 0.5) is 10.2 Å². The van der Waals surface area contributed by atoms with Crippen molar-refractivity contribution in [3.05, 3.63) is 66.6 Å². The number of rotatable bonds is 2. The van der Waals surface area contributed by atoms with Crippen molar-refractivity contribution in [1.82, 2.24) is 9.97 Å². The standard InChI is InChI=1S/C16H12FN3/c17-14-9-5-4-8-12(14)13-10-19-16(20-15(13)18)11-6-2-1-3-7-11/h1-10H,(H2,18,19,20). The van der Waals surface area contributed by atoms with E-state index in [1.54, 1.807) is 24.4 Å². The SMILES string of the molecule is Nc1nc(-c2ccccc2)ncc1-c1ccccc1F. The molecule has 4 heteroatoms. The Morgan fingerprint density at radius 1 is 0.850 bits per heavy atom. The van der Waals surface area contributed by atoms with E-state index in [4.69, 9.17) is 5.73 Å². The minimum absolute atomic E-state index is 0.268. The van der Waals surface area contributed by atoms with E-state index in [2.05, 4.69) is 9.97 Å². The quantitative estimate of drug-likeness (QED) is 0.771. The second-order valence-electron chi connectivity index (χ2n) is 4.34. The van der Waals surface area contributed by atoms with Gasteiger partial charge in [0, 0.05) is 22.9 Å². The summed E-state index contributed by atoms with van der Waals surface area (Å²) in [7, 11) is 0. The summed E-state index contributed by atoms with van der Waals surface area (Å²) in [5.74, 6) is 0.461. The van der Waals surface area contributed by atoms with Gasteiger partial charge in [0.1, 0.15) is 11.6 Å². The van der Waals surface area contributed by atoms with Crippen molar-refractivity contribution in [2.45, 2.75) is 0 Å². The summed E-state index contributed by atoms with van der Waals surface area (Å²) in [5.41, 5.74) is 7.73. The van der Waals surface area contributed by atoms with Gasteiger partial charge in [0.15, 0.2) is 5.82 Å².